The number of carbonyl (C=O) groups excluding carboxylic acids is 2. The summed E-state index contributed by atoms with van der Waals surface area (Å²) in [6, 6.07) is 4.50. The van der Waals surface area contributed by atoms with Crippen LogP contribution in [0.3, 0.4) is 0 Å². The van der Waals surface area contributed by atoms with Crippen molar-refractivity contribution >= 4 is 34.2 Å². The van der Waals surface area contributed by atoms with E-state index in [0.29, 0.717) is 0 Å². The number of benzene rings is 2. The molecule has 0 aliphatic carbocycles. The van der Waals surface area contributed by atoms with Gasteiger partial charge in [0.15, 0.2) is 17.2 Å². The Bertz CT molecular complexity index is 1430. The van der Waals surface area contributed by atoms with Gasteiger partial charge in [-0.1, -0.05) is 48.5 Å². The predicted octanol–water partition coefficient (Wildman–Crippen LogP) is 6.41. The molecule has 6 nitrogen and oxygen atoms in total. The first kappa shape index (κ1) is 27.0. The molecule has 0 aliphatic heterocycles. The van der Waals surface area contributed by atoms with Gasteiger partial charge in [0.25, 0.3) is 0 Å². The van der Waals surface area contributed by atoms with Crippen LogP contribution in [0.15, 0.2) is 33.5 Å². The van der Waals surface area contributed by atoms with Crippen LogP contribution < -0.4 is 16.1 Å². The highest BCUT2D eigenvalue weighted by Crippen LogP contribution is 2.34. The summed E-state index contributed by atoms with van der Waals surface area (Å²) in [4.78, 5) is 38.3. The predicted molar refractivity (Wildman–Crippen MR) is 133 cm³/mol. The molecule has 0 saturated heterocycles. The first-order valence-electron chi connectivity index (χ1n) is 11.5. The molecule has 2 N–H and O–H groups in total. The van der Waals surface area contributed by atoms with Gasteiger partial charge in [-0.3, -0.25) is 14.4 Å². The van der Waals surface area contributed by atoms with Crippen LogP contribution in [0.5, 0.6) is 0 Å². The molecule has 0 aliphatic rings. The summed E-state index contributed by atoms with van der Waals surface area (Å²) in [6.45, 7) is 11.4. The molecule has 0 atom stereocenters. The van der Waals surface area contributed by atoms with Crippen LogP contribution in [0.1, 0.15) is 54.0 Å². The topological polar surface area (TPSA) is 88.4 Å². The SMILES string of the molecule is CCc1c(F)cc2c(=O)c(NC(=O)C(C)(C)C)c(-c3ccc(NC(=O)C(C)(C)C)c(F)c3)oc2c1F. The van der Waals surface area contributed by atoms with Crippen molar-refractivity contribution in [2.75, 3.05) is 10.6 Å². The fourth-order valence-corrected chi connectivity index (χ4v) is 3.31. The zero-order chi connectivity index (χ0) is 27.2. The lowest BCUT2D eigenvalue weighted by molar-refractivity contribution is -0.123. The number of hydrogen-bond donors (Lipinski definition) is 2. The van der Waals surface area contributed by atoms with Crippen molar-refractivity contribution in [2.45, 2.75) is 54.9 Å². The number of amides is 2. The monoisotopic (exact) mass is 502 g/mol. The van der Waals surface area contributed by atoms with E-state index in [9.17, 15) is 23.2 Å². The van der Waals surface area contributed by atoms with Crippen molar-refractivity contribution in [3.8, 4) is 11.3 Å². The van der Waals surface area contributed by atoms with Crippen molar-refractivity contribution in [1.29, 1.82) is 0 Å². The first-order chi connectivity index (χ1) is 16.6. The lowest BCUT2D eigenvalue weighted by Crippen LogP contribution is -2.30. The fraction of sp³-hybridized carbons (Fsp3) is 0.370. The number of anilines is 2. The second-order valence-electron chi connectivity index (χ2n) is 10.6. The Kier molecular flexibility index (Phi) is 7.08. The number of fused-ring (bicyclic) bond motifs is 1. The first-order valence-corrected chi connectivity index (χ1v) is 11.5. The van der Waals surface area contributed by atoms with E-state index < -0.39 is 56.5 Å². The van der Waals surface area contributed by atoms with E-state index >= 15 is 4.39 Å². The average Bonchev–Trinajstić information content (AvgIpc) is 2.76. The number of halogens is 3. The van der Waals surface area contributed by atoms with E-state index in [1.807, 2.05) is 0 Å². The Morgan fingerprint density at radius 3 is 2.00 bits per heavy atom. The van der Waals surface area contributed by atoms with Crippen LogP contribution in [-0.2, 0) is 16.0 Å². The van der Waals surface area contributed by atoms with Gasteiger partial charge in [0.2, 0.25) is 17.2 Å². The minimum Gasteiger partial charge on any atom is -0.450 e. The third kappa shape index (κ3) is 5.15. The normalized spacial score (nSPS) is 12.1. The Morgan fingerprint density at radius 2 is 1.47 bits per heavy atom. The zero-order valence-corrected chi connectivity index (χ0v) is 21.3. The fourth-order valence-electron chi connectivity index (χ4n) is 3.31. The maximum atomic E-state index is 15.1. The highest BCUT2D eigenvalue weighted by Gasteiger charge is 2.28. The Balaban J connectivity index is 2.27. The van der Waals surface area contributed by atoms with Crippen LogP contribution in [0.2, 0.25) is 0 Å². The molecule has 192 valence electrons. The molecule has 9 heteroatoms. The van der Waals surface area contributed by atoms with Crippen molar-refractivity contribution in [2.24, 2.45) is 10.8 Å². The number of nitrogens with one attached hydrogen (secondary N) is 2. The Labute approximate surface area is 206 Å². The second kappa shape index (κ2) is 9.44. The van der Waals surface area contributed by atoms with Gasteiger partial charge in [-0.2, -0.15) is 0 Å². The molecule has 3 aromatic rings. The molecule has 0 spiro atoms. The molecule has 0 radical (unpaired) electrons. The van der Waals surface area contributed by atoms with Crippen LogP contribution >= 0.6 is 0 Å². The van der Waals surface area contributed by atoms with Crippen molar-refractivity contribution in [3.05, 3.63) is 57.5 Å². The van der Waals surface area contributed by atoms with Gasteiger partial charge in [0.1, 0.15) is 17.3 Å². The molecular weight excluding hydrogens is 473 g/mol. The molecule has 0 fully saturated rings. The van der Waals surface area contributed by atoms with E-state index in [2.05, 4.69) is 10.6 Å². The Morgan fingerprint density at radius 1 is 0.889 bits per heavy atom. The molecular formula is C27H29F3N2O4. The van der Waals surface area contributed by atoms with Gasteiger partial charge in [-0.05, 0) is 30.7 Å². The van der Waals surface area contributed by atoms with Gasteiger partial charge < -0.3 is 15.1 Å². The summed E-state index contributed by atoms with van der Waals surface area (Å²) in [5.74, 6) is -4.08. The maximum absolute atomic E-state index is 15.1. The standard InChI is InChI=1S/C27H29F3N2O4/c1-8-14-16(28)12-15-21(33)20(32-25(35)27(5,6)7)22(36-23(15)19(14)30)13-9-10-18(17(29)11-13)31-24(34)26(2,3)4/h9-12H,8H2,1-7H3,(H,31,34)(H,32,35). The minimum atomic E-state index is -1.05. The third-order valence-corrected chi connectivity index (χ3v) is 5.61. The lowest BCUT2D eigenvalue weighted by Gasteiger charge is -2.20. The van der Waals surface area contributed by atoms with Gasteiger partial charge in [0.05, 0.1) is 11.1 Å². The maximum Gasteiger partial charge on any atom is 0.229 e. The molecule has 1 heterocycles. The van der Waals surface area contributed by atoms with Crippen LogP contribution in [0, 0.1) is 28.3 Å². The van der Waals surface area contributed by atoms with Gasteiger partial charge in [-0.15, -0.1) is 0 Å². The van der Waals surface area contributed by atoms with Crippen molar-refractivity contribution in [1.82, 2.24) is 0 Å². The smallest absolute Gasteiger partial charge is 0.229 e. The van der Waals surface area contributed by atoms with E-state index in [1.54, 1.807) is 48.5 Å². The van der Waals surface area contributed by atoms with Crippen LogP contribution in [-0.4, -0.2) is 11.8 Å². The van der Waals surface area contributed by atoms with E-state index in [1.165, 1.54) is 12.1 Å². The molecule has 0 unspecified atom stereocenters. The molecule has 1 aromatic heterocycles. The molecule has 0 saturated carbocycles. The highest BCUT2D eigenvalue weighted by molar-refractivity contribution is 6.00. The van der Waals surface area contributed by atoms with Crippen molar-refractivity contribution < 1.29 is 27.2 Å². The number of hydrogen-bond acceptors (Lipinski definition) is 4. The number of carbonyl (C=O) groups is 2. The van der Waals surface area contributed by atoms with E-state index in [-0.39, 0.29) is 34.7 Å². The van der Waals surface area contributed by atoms with E-state index in [0.717, 1.165) is 12.1 Å². The summed E-state index contributed by atoms with van der Waals surface area (Å²) in [6.07, 6.45) is 0.00591. The van der Waals surface area contributed by atoms with E-state index in [4.69, 9.17) is 4.42 Å². The largest absolute Gasteiger partial charge is 0.450 e. The molecule has 2 aromatic carbocycles. The number of rotatable bonds is 4. The molecule has 0 bridgehead atoms. The van der Waals surface area contributed by atoms with Crippen LogP contribution in [0.25, 0.3) is 22.3 Å². The second-order valence-corrected chi connectivity index (χ2v) is 10.6. The average molecular weight is 503 g/mol. The Hall–Kier alpha value is -3.62. The molecule has 3 rings (SSSR count). The summed E-state index contributed by atoms with van der Waals surface area (Å²) >= 11 is 0. The molecule has 2 amide bonds. The van der Waals surface area contributed by atoms with Crippen molar-refractivity contribution in [3.63, 3.8) is 0 Å². The highest BCUT2D eigenvalue weighted by atomic mass is 19.1. The van der Waals surface area contributed by atoms with Gasteiger partial charge in [0, 0.05) is 22.0 Å². The van der Waals surface area contributed by atoms with Crippen LogP contribution in [0.4, 0.5) is 24.5 Å². The zero-order valence-electron chi connectivity index (χ0n) is 21.3. The minimum absolute atomic E-state index is 0.00578. The lowest BCUT2D eigenvalue weighted by atomic mass is 9.95. The third-order valence-electron chi connectivity index (χ3n) is 5.61. The summed E-state index contributed by atoms with van der Waals surface area (Å²) in [5, 5.41) is 4.57. The molecule has 36 heavy (non-hydrogen) atoms. The summed E-state index contributed by atoms with van der Waals surface area (Å²) in [5.41, 5.74) is -3.83. The van der Waals surface area contributed by atoms with Gasteiger partial charge in [-0.25, -0.2) is 13.2 Å². The quantitative estimate of drug-likeness (QED) is 0.432. The summed E-state index contributed by atoms with van der Waals surface area (Å²) in [7, 11) is 0. The van der Waals surface area contributed by atoms with Gasteiger partial charge >= 0.3 is 0 Å². The summed E-state index contributed by atoms with van der Waals surface area (Å²) < 4.78 is 50.3.